The molecule has 1 amide bonds. The number of aliphatic hydroxyl groups is 1. The quantitative estimate of drug-likeness (QED) is 0.892. The fraction of sp³-hybridized carbons (Fsp3) is 0.533. The highest BCUT2D eigenvalue weighted by atomic mass is 16.6. The predicted molar refractivity (Wildman–Crippen MR) is 73.7 cm³/mol. The largest absolute Gasteiger partial charge is 0.445 e. The molecule has 0 bridgehead atoms. The van der Waals surface area contributed by atoms with E-state index in [4.69, 9.17) is 14.2 Å². The molecule has 6 nitrogen and oxygen atoms in total. The minimum Gasteiger partial charge on any atom is -0.445 e. The van der Waals surface area contributed by atoms with Gasteiger partial charge in [0.25, 0.3) is 0 Å². The number of hydrogen-bond acceptors (Lipinski definition) is 5. The predicted octanol–water partition coefficient (Wildman–Crippen LogP) is 0.782. The molecule has 0 aliphatic carbocycles. The summed E-state index contributed by atoms with van der Waals surface area (Å²) in [6.45, 7) is 0.802. The number of carbonyl (C=O) groups is 1. The highest BCUT2D eigenvalue weighted by molar-refractivity contribution is 5.69. The average molecular weight is 293 g/mol. The first kappa shape index (κ1) is 14.3. The number of rotatable bonds is 3. The van der Waals surface area contributed by atoms with Gasteiger partial charge in [-0.15, -0.1) is 0 Å². The first-order valence-corrected chi connectivity index (χ1v) is 7.00. The molecule has 0 aromatic heterocycles. The molecule has 2 aliphatic heterocycles. The lowest BCUT2D eigenvalue weighted by atomic mass is 10.1. The molecule has 21 heavy (non-hydrogen) atoms. The second-order valence-electron chi connectivity index (χ2n) is 5.32. The highest BCUT2D eigenvalue weighted by Gasteiger charge is 2.53. The second kappa shape index (κ2) is 6.01. The third kappa shape index (κ3) is 2.74. The van der Waals surface area contributed by atoms with Crippen LogP contribution in [-0.2, 0) is 20.8 Å². The van der Waals surface area contributed by atoms with E-state index in [2.05, 4.69) is 0 Å². The van der Waals surface area contributed by atoms with E-state index in [1.165, 1.54) is 4.90 Å². The molecule has 2 fully saturated rings. The molecule has 0 radical (unpaired) electrons. The lowest BCUT2D eigenvalue weighted by Crippen LogP contribution is -2.44. The summed E-state index contributed by atoms with van der Waals surface area (Å²) >= 11 is 0. The number of aliphatic hydroxyl groups excluding tert-OH is 1. The number of likely N-dealkylation sites (tertiary alicyclic amines) is 1. The van der Waals surface area contributed by atoms with Gasteiger partial charge in [-0.1, -0.05) is 30.3 Å². The van der Waals surface area contributed by atoms with Gasteiger partial charge in [-0.05, 0) is 5.56 Å². The third-order valence-corrected chi connectivity index (χ3v) is 4.04. The molecular weight excluding hydrogens is 274 g/mol. The van der Waals surface area contributed by atoms with Crippen LogP contribution in [-0.4, -0.2) is 60.7 Å². The van der Waals surface area contributed by atoms with Gasteiger partial charge in [-0.25, -0.2) is 4.79 Å². The van der Waals surface area contributed by atoms with Crippen molar-refractivity contribution in [2.24, 2.45) is 0 Å². The van der Waals surface area contributed by atoms with Crippen molar-refractivity contribution in [3.8, 4) is 0 Å². The van der Waals surface area contributed by atoms with Crippen LogP contribution in [0.4, 0.5) is 4.79 Å². The van der Waals surface area contributed by atoms with E-state index in [0.29, 0.717) is 6.54 Å². The lowest BCUT2D eigenvalue weighted by molar-refractivity contribution is -0.0108. The van der Waals surface area contributed by atoms with Gasteiger partial charge in [-0.2, -0.15) is 0 Å². The number of nitrogens with zero attached hydrogens (tertiary/aromatic N) is 1. The Morgan fingerprint density at radius 3 is 2.90 bits per heavy atom. The Labute approximate surface area is 123 Å². The SMILES string of the molecule is CO[C@@H]1CN(C(=O)OCc2ccccc2)[C@H]2[C@@H]1OC[C@@H]2O. The number of hydrogen-bond donors (Lipinski definition) is 1. The van der Waals surface area contributed by atoms with Gasteiger partial charge in [0.2, 0.25) is 0 Å². The Hall–Kier alpha value is -1.63. The van der Waals surface area contributed by atoms with Crippen molar-refractivity contribution < 1.29 is 24.1 Å². The van der Waals surface area contributed by atoms with E-state index >= 15 is 0 Å². The Bertz CT molecular complexity index is 494. The van der Waals surface area contributed by atoms with Crippen LogP contribution < -0.4 is 0 Å². The monoisotopic (exact) mass is 293 g/mol. The molecule has 114 valence electrons. The smallest absolute Gasteiger partial charge is 0.410 e. The summed E-state index contributed by atoms with van der Waals surface area (Å²) in [5, 5.41) is 9.99. The van der Waals surface area contributed by atoms with Gasteiger partial charge in [0.05, 0.1) is 19.2 Å². The third-order valence-electron chi connectivity index (χ3n) is 4.04. The Kier molecular flexibility index (Phi) is 4.10. The van der Waals surface area contributed by atoms with E-state index in [-0.39, 0.29) is 25.4 Å². The molecule has 6 heteroatoms. The van der Waals surface area contributed by atoms with Crippen molar-refractivity contribution >= 4 is 6.09 Å². The summed E-state index contributed by atoms with van der Waals surface area (Å²) in [4.78, 5) is 13.8. The van der Waals surface area contributed by atoms with Gasteiger partial charge >= 0.3 is 6.09 Å². The summed E-state index contributed by atoms with van der Waals surface area (Å²) in [6.07, 6.45) is -1.65. The molecule has 1 aromatic carbocycles. The van der Waals surface area contributed by atoms with Crippen LogP contribution in [0, 0.1) is 0 Å². The molecule has 1 N–H and O–H groups in total. The van der Waals surface area contributed by atoms with Gasteiger partial charge in [0.15, 0.2) is 0 Å². The zero-order valence-corrected chi connectivity index (χ0v) is 11.8. The molecule has 2 saturated heterocycles. The second-order valence-corrected chi connectivity index (χ2v) is 5.32. The summed E-state index contributed by atoms with van der Waals surface area (Å²) < 4.78 is 16.2. The zero-order valence-electron chi connectivity index (χ0n) is 11.8. The Morgan fingerprint density at radius 1 is 1.43 bits per heavy atom. The van der Waals surface area contributed by atoms with Crippen molar-refractivity contribution in [2.45, 2.75) is 31.0 Å². The number of fused-ring (bicyclic) bond motifs is 1. The minimum atomic E-state index is -0.695. The molecule has 0 spiro atoms. The standard InChI is InChI=1S/C15H19NO5/c1-19-12-7-16(13-11(17)9-20-14(12)13)15(18)21-8-10-5-3-2-4-6-10/h2-6,11-14,17H,7-9H2,1H3/t11-,12+,13+,14+/m0/s1. The van der Waals surface area contributed by atoms with Crippen molar-refractivity contribution in [3.63, 3.8) is 0 Å². The fourth-order valence-corrected chi connectivity index (χ4v) is 2.96. The van der Waals surface area contributed by atoms with E-state index < -0.39 is 18.2 Å². The minimum absolute atomic E-state index is 0.210. The molecule has 4 atom stereocenters. The van der Waals surface area contributed by atoms with Gasteiger partial charge in [0, 0.05) is 7.11 Å². The molecular formula is C15H19NO5. The maximum atomic E-state index is 12.2. The lowest BCUT2D eigenvalue weighted by Gasteiger charge is -2.24. The molecule has 0 unspecified atom stereocenters. The average Bonchev–Trinajstić information content (AvgIpc) is 3.07. The van der Waals surface area contributed by atoms with E-state index in [0.717, 1.165) is 5.56 Å². The van der Waals surface area contributed by atoms with Gasteiger partial charge in [0.1, 0.15) is 24.9 Å². The van der Waals surface area contributed by atoms with Crippen molar-refractivity contribution in [2.75, 3.05) is 20.3 Å². The molecule has 3 rings (SSSR count). The summed E-state index contributed by atoms with van der Waals surface area (Å²) in [5.74, 6) is 0. The number of methoxy groups -OCH3 is 1. The summed E-state index contributed by atoms with van der Waals surface area (Å²) in [5.41, 5.74) is 0.924. The van der Waals surface area contributed by atoms with E-state index in [1.54, 1.807) is 7.11 Å². The van der Waals surface area contributed by atoms with E-state index in [9.17, 15) is 9.90 Å². The summed E-state index contributed by atoms with van der Waals surface area (Å²) in [7, 11) is 1.58. The van der Waals surface area contributed by atoms with Crippen molar-refractivity contribution in [1.82, 2.24) is 4.90 Å². The Morgan fingerprint density at radius 2 is 2.19 bits per heavy atom. The number of benzene rings is 1. The van der Waals surface area contributed by atoms with Crippen molar-refractivity contribution in [3.05, 3.63) is 35.9 Å². The molecule has 1 aromatic rings. The highest BCUT2D eigenvalue weighted by Crippen LogP contribution is 2.31. The maximum absolute atomic E-state index is 12.2. The van der Waals surface area contributed by atoms with Crippen LogP contribution >= 0.6 is 0 Å². The molecule has 2 aliphatic rings. The molecule has 0 saturated carbocycles. The number of carbonyl (C=O) groups excluding carboxylic acids is 1. The van der Waals surface area contributed by atoms with Crippen molar-refractivity contribution in [1.29, 1.82) is 0 Å². The number of amides is 1. The van der Waals surface area contributed by atoms with Gasteiger partial charge in [-0.3, -0.25) is 4.90 Å². The van der Waals surface area contributed by atoms with Crippen LogP contribution in [0.3, 0.4) is 0 Å². The fourth-order valence-electron chi connectivity index (χ4n) is 2.96. The first-order chi connectivity index (χ1) is 10.2. The van der Waals surface area contributed by atoms with Crippen LogP contribution in [0.25, 0.3) is 0 Å². The van der Waals surface area contributed by atoms with E-state index in [1.807, 2.05) is 30.3 Å². The summed E-state index contributed by atoms with van der Waals surface area (Å²) in [6, 6.07) is 9.09. The zero-order chi connectivity index (χ0) is 14.8. The van der Waals surface area contributed by atoms with Crippen LogP contribution in [0.15, 0.2) is 30.3 Å². The normalized spacial score (nSPS) is 31.2. The first-order valence-electron chi connectivity index (χ1n) is 7.00. The van der Waals surface area contributed by atoms with Gasteiger partial charge < -0.3 is 19.3 Å². The Balaban J connectivity index is 1.64. The van der Waals surface area contributed by atoms with Crippen LogP contribution in [0.5, 0.6) is 0 Å². The van der Waals surface area contributed by atoms with Crippen LogP contribution in [0.2, 0.25) is 0 Å². The molecule has 2 heterocycles. The number of ether oxygens (including phenoxy) is 3. The maximum Gasteiger partial charge on any atom is 0.410 e. The topological polar surface area (TPSA) is 68.2 Å². The van der Waals surface area contributed by atoms with Crippen LogP contribution in [0.1, 0.15) is 5.56 Å².